The molecule has 2 aromatic carbocycles. The van der Waals surface area contributed by atoms with Crippen molar-refractivity contribution < 1.29 is 14.0 Å². The highest BCUT2D eigenvalue weighted by molar-refractivity contribution is 6.07. The zero-order valence-corrected chi connectivity index (χ0v) is 12.0. The molecule has 6 nitrogen and oxygen atoms in total. The zero-order chi connectivity index (χ0) is 16.2. The van der Waals surface area contributed by atoms with Gasteiger partial charge in [-0.15, -0.1) is 0 Å². The second-order valence-corrected chi connectivity index (χ2v) is 4.76. The van der Waals surface area contributed by atoms with E-state index >= 15 is 0 Å². The molecule has 6 heteroatoms. The van der Waals surface area contributed by atoms with Crippen molar-refractivity contribution in [2.75, 3.05) is 5.32 Å². The second kappa shape index (κ2) is 6.15. The SMILES string of the molecule is NC(=O)c1ccccc1NC(=O)c1cnc(-c2ccccc2)o1. The van der Waals surface area contributed by atoms with Gasteiger partial charge in [0, 0.05) is 5.56 Å². The van der Waals surface area contributed by atoms with Crippen LogP contribution in [0.4, 0.5) is 5.69 Å². The summed E-state index contributed by atoms with van der Waals surface area (Å²) in [4.78, 5) is 27.7. The maximum Gasteiger partial charge on any atom is 0.293 e. The number of hydrogen-bond acceptors (Lipinski definition) is 4. The number of rotatable bonds is 4. The van der Waals surface area contributed by atoms with Gasteiger partial charge >= 0.3 is 0 Å². The number of oxazole rings is 1. The lowest BCUT2D eigenvalue weighted by Crippen LogP contribution is -2.17. The van der Waals surface area contributed by atoms with E-state index in [1.807, 2.05) is 30.3 Å². The molecule has 0 saturated carbocycles. The number of hydrogen-bond donors (Lipinski definition) is 2. The van der Waals surface area contributed by atoms with Gasteiger partial charge in [0.25, 0.3) is 11.8 Å². The molecule has 1 heterocycles. The molecule has 0 unspecified atom stereocenters. The molecule has 0 aliphatic rings. The number of benzene rings is 2. The van der Waals surface area contributed by atoms with Crippen LogP contribution in [0.5, 0.6) is 0 Å². The molecule has 0 atom stereocenters. The van der Waals surface area contributed by atoms with Gasteiger partial charge in [0.15, 0.2) is 0 Å². The van der Waals surface area contributed by atoms with Crippen LogP contribution in [-0.4, -0.2) is 16.8 Å². The first kappa shape index (κ1) is 14.5. The fourth-order valence-corrected chi connectivity index (χ4v) is 2.08. The molecule has 3 N–H and O–H groups in total. The third-order valence-corrected chi connectivity index (χ3v) is 3.19. The summed E-state index contributed by atoms with van der Waals surface area (Å²) in [5.41, 5.74) is 6.60. The number of carbonyl (C=O) groups excluding carboxylic acids is 2. The number of carbonyl (C=O) groups is 2. The lowest BCUT2D eigenvalue weighted by molar-refractivity contribution is 0.0997. The van der Waals surface area contributed by atoms with Crippen molar-refractivity contribution in [3.8, 4) is 11.5 Å². The summed E-state index contributed by atoms with van der Waals surface area (Å²) in [6.45, 7) is 0. The van der Waals surface area contributed by atoms with Crippen molar-refractivity contribution in [1.82, 2.24) is 4.98 Å². The Morgan fingerprint density at radius 3 is 2.43 bits per heavy atom. The summed E-state index contributed by atoms with van der Waals surface area (Å²) < 4.78 is 5.46. The highest BCUT2D eigenvalue weighted by Gasteiger charge is 2.16. The van der Waals surface area contributed by atoms with Crippen LogP contribution in [0.25, 0.3) is 11.5 Å². The molecule has 0 aliphatic carbocycles. The van der Waals surface area contributed by atoms with E-state index < -0.39 is 11.8 Å². The third kappa shape index (κ3) is 3.11. The number of amides is 2. The fraction of sp³-hybridized carbons (Fsp3) is 0. The molecular formula is C17H13N3O3. The topological polar surface area (TPSA) is 98.2 Å². The lowest BCUT2D eigenvalue weighted by atomic mass is 10.1. The summed E-state index contributed by atoms with van der Waals surface area (Å²) >= 11 is 0. The van der Waals surface area contributed by atoms with E-state index in [0.29, 0.717) is 11.6 Å². The van der Waals surface area contributed by atoms with E-state index in [9.17, 15) is 9.59 Å². The number of anilines is 1. The van der Waals surface area contributed by atoms with E-state index in [0.717, 1.165) is 5.56 Å². The summed E-state index contributed by atoms with van der Waals surface area (Å²) in [7, 11) is 0. The Morgan fingerprint density at radius 2 is 1.70 bits per heavy atom. The van der Waals surface area contributed by atoms with E-state index in [4.69, 9.17) is 10.2 Å². The first-order valence-corrected chi connectivity index (χ1v) is 6.86. The minimum atomic E-state index is -0.622. The predicted octanol–water partition coefficient (Wildman–Crippen LogP) is 2.69. The third-order valence-electron chi connectivity index (χ3n) is 3.19. The molecule has 1 aromatic heterocycles. The standard InChI is InChI=1S/C17H13N3O3/c18-15(21)12-8-4-5-9-13(12)20-16(22)14-10-19-17(23-14)11-6-2-1-3-7-11/h1-10H,(H2,18,21)(H,20,22). The predicted molar refractivity (Wildman–Crippen MR) is 84.9 cm³/mol. The van der Waals surface area contributed by atoms with Gasteiger partial charge in [-0.3, -0.25) is 9.59 Å². The van der Waals surface area contributed by atoms with Crippen LogP contribution >= 0.6 is 0 Å². The Hall–Kier alpha value is -3.41. The molecule has 0 bridgehead atoms. The summed E-state index contributed by atoms with van der Waals surface area (Å²) in [6.07, 6.45) is 1.34. The molecule has 114 valence electrons. The fourth-order valence-electron chi connectivity index (χ4n) is 2.08. The molecule has 0 aliphatic heterocycles. The molecule has 2 amide bonds. The average molecular weight is 307 g/mol. The van der Waals surface area contributed by atoms with Crippen LogP contribution in [0.3, 0.4) is 0 Å². The Balaban J connectivity index is 1.83. The summed E-state index contributed by atoms with van der Waals surface area (Å²) in [5.74, 6) is -0.737. The Bertz CT molecular complexity index is 856. The van der Waals surface area contributed by atoms with Gasteiger partial charge in [0.05, 0.1) is 17.4 Å². The van der Waals surface area contributed by atoms with Gasteiger partial charge in [-0.05, 0) is 24.3 Å². The zero-order valence-electron chi connectivity index (χ0n) is 12.0. The molecule has 0 spiro atoms. The molecule has 3 aromatic rings. The first-order chi connectivity index (χ1) is 11.1. The number of nitrogens with two attached hydrogens (primary N) is 1. The molecule has 23 heavy (non-hydrogen) atoms. The maximum absolute atomic E-state index is 12.2. The smallest absolute Gasteiger partial charge is 0.293 e. The largest absolute Gasteiger partial charge is 0.431 e. The van der Waals surface area contributed by atoms with E-state index in [1.165, 1.54) is 12.3 Å². The van der Waals surface area contributed by atoms with E-state index in [1.54, 1.807) is 18.2 Å². The monoisotopic (exact) mass is 307 g/mol. The minimum absolute atomic E-state index is 0.0446. The van der Waals surface area contributed by atoms with Crippen LogP contribution in [0.15, 0.2) is 65.2 Å². The lowest BCUT2D eigenvalue weighted by Gasteiger charge is -2.06. The highest BCUT2D eigenvalue weighted by atomic mass is 16.4. The molecule has 0 fully saturated rings. The highest BCUT2D eigenvalue weighted by Crippen LogP contribution is 2.20. The van der Waals surface area contributed by atoms with E-state index in [-0.39, 0.29) is 11.3 Å². The quantitative estimate of drug-likeness (QED) is 0.774. The minimum Gasteiger partial charge on any atom is -0.431 e. The number of nitrogens with one attached hydrogen (secondary N) is 1. The van der Waals surface area contributed by atoms with Crippen molar-refractivity contribution in [2.45, 2.75) is 0 Å². The number of nitrogens with zero attached hydrogens (tertiary/aromatic N) is 1. The van der Waals surface area contributed by atoms with Gasteiger partial charge in [0.1, 0.15) is 0 Å². The van der Waals surface area contributed by atoms with Crippen molar-refractivity contribution in [1.29, 1.82) is 0 Å². The Labute approximate surface area is 132 Å². The van der Waals surface area contributed by atoms with Crippen LogP contribution in [0.2, 0.25) is 0 Å². The first-order valence-electron chi connectivity index (χ1n) is 6.86. The number of para-hydroxylation sites is 1. The van der Waals surface area contributed by atoms with Gasteiger partial charge in [-0.1, -0.05) is 30.3 Å². The molecule has 0 saturated heterocycles. The molecular weight excluding hydrogens is 294 g/mol. The number of aromatic nitrogens is 1. The van der Waals surface area contributed by atoms with E-state index in [2.05, 4.69) is 10.3 Å². The normalized spacial score (nSPS) is 10.3. The van der Waals surface area contributed by atoms with Crippen LogP contribution < -0.4 is 11.1 Å². The van der Waals surface area contributed by atoms with Gasteiger partial charge in [0.2, 0.25) is 11.7 Å². The van der Waals surface area contributed by atoms with Crippen LogP contribution in [-0.2, 0) is 0 Å². The van der Waals surface area contributed by atoms with Crippen molar-refractivity contribution in [3.05, 3.63) is 72.1 Å². The van der Waals surface area contributed by atoms with Gasteiger partial charge in [-0.25, -0.2) is 4.98 Å². The molecule has 3 rings (SSSR count). The van der Waals surface area contributed by atoms with Crippen molar-refractivity contribution >= 4 is 17.5 Å². The summed E-state index contributed by atoms with van der Waals surface area (Å²) in [5, 5.41) is 2.60. The Morgan fingerprint density at radius 1 is 1.00 bits per heavy atom. The van der Waals surface area contributed by atoms with Crippen molar-refractivity contribution in [2.24, 2.45) is 5.73 Å². The van der Waals surface area contributed by atoms with Crippen LogP contribution in [0, 0.1) is 0 Å². The average Bonchev–Trinajstić information content (AvgIpc) is 3.06. The van der Waals surface area contributed by atoms with Crippen molar-refractivity contribution in [3.63, 3.8) is 0 Å². The van der Waals surface area contributed by atoms with Gasteiger partial charge in [-0.2, -0.15) is 0 Å². The summed E-state index contributed by atoms with van der Waals surface area (Å²) in [6, 6.07) is 15.7. The molecule has 0 radical (unpaired) electrons. The number of primary amides is 1. The second-order valence-electron chi connectivity index (χ2n) is 4.76. The van der Waals surface area contributed by atoms with Gasteiger partial charge < -0.3 is 15.5 Å². The Kier molecular flexibility index (Phi) is 3.88. The van der Waals surface area contributed by atoms with Crippen LogP contribution in [0.1, 0.15) is 20.9 Å². The maximum atomic E-state index is 12.2.